The highest BCUT2D eigenvalue weighted by Crippen LogP contribution is 2.32. The molecule has 6 rings (SSSR count). The fourth-order valence-corrected chi connectivity index (χ4v) is 6.17. The molecule has 0 radical (unpaired) electrons. The van der Waals surface area contributed by atoms with Crippen LogP contribution in [-0.2, 0) is 9.59 Å². The lowest BCUT2D eigenvalue weighted by Gasteiger charge is -2.29. The Bertz CT molecular complexity index is 1470. The van der Waals surface area contributed by atoms with Crippen LogP contribution < -0.4 is 10.6 Å². The van der Waals surface area contributed by atoms with E-state index >= 15 is 0 Å². The number of carboxylic acid groups (broad SMARTS) is 2. The SMILES string of the molecule is CN1CCC(NC(=O)c2ccc3c(c2)sc2nc(-c4ccc(C5CCNC5)cc4F)cn23)CC1.O=CO.O=CO. The number of nitrogens with one attached hydrogen (secondary N) is 2. The van der Waals surface area contributed by atoms with Gasteiger partial charge in [-0.15, -0.1) is 0 Å². The molecular formula is C28H32FN5O5S. The molecule has 2 saturated heterocycles. The number of rotatable bonds is 4. The number of imidazole rings is 1. The quantitative estimate of drug-likeness (QED) is 0.274. The zero-order valence-corrected chi connectivity index (χ0v) is 22.9. The summed E-state index contributed by atoms with van der Waals surface area (Å²) in [6.07, 6.45) is 4.90. The van der Waals surface area contributed by atoms with E-state index in [-0.39, 0.29) is 30.7 Å². The Balaban J connectivity index is 0.000000568. The molecule has 1 amide bonds. The number of carbonyl (C=O) groups is 3. The Morgan fingerprint density at radius 3 is 2.50 bits per heavy atom. The van der Waals surface area contributed by atoms with Crippen molar-refractivity contribution in [3.05, 3.63) is 59.5 Å². The van der Waals surface area contributed by atoms with Crippen LogP contribution in [0.15, 0.2) is 42.6 Å². The molecule has 12 heteroatoms. The topological polar surface area (TPSA) is 136 Å². The lowest BCUT2D eigenvalue weighted by Crippen LogP contribution is -2.43. The van der Waals surface area contributed by atoms with E-state index in [0.717, 1.165) is 66.2 Å². The van der Waals surface area contributed by atoms with E-state index in [2.05, 4.69) is 22.6 Å². The summed E-state index contributed by atoms with van der Waals surface area (Å²) in [5.41, 5.74) is 3.84. The van der Waals surface area contributed by atoms with E-state index in [1.807, 2.05) is 40.9 Å². The number of likely N-dealkylation sites (tertiary alicyclic amines) is 1. The van der Waals surface area contributed by atoms with E-state index in [0.29, 0.717) is 22.7 Å². The molecule has 1 atom stereocenters. The highest BCUT2D eigenvalue weighted by Gasteiger charge is 2.21. The molecule has 10 nitrogen and oxygen atoms in total. The van der Waals surface area contributed by atoms with Crippen LogP contribution in [0.3, 0.4) is 0 Å². The smallest absolute Gasteiger partial charge is 0.290 e. The van der Waals surface area contributed by atoms with Crippen LogP contribution in [0.1, 0.15) is 41.1 Å². The molecule has 2 aromatic carbocycles. The highest BCUT2D eigenvalue weighted by atomic mass is 32.1. The van der Waals surface area contributed by atoms with Gasteiger partial charge in [-0.3, -0.25) is 18.8 Å². The Labute approximate surface area is 234 Å². The average Bonchev–Trinajstić information content (AvgIpc) is 3.68. The van der Waals surface area contributed by atoms with Crippen LogP contribution >= 0.6 is 11.3 Å². The number of piperidine rings is 1. The number of fused-ring (bicyclic) bond motifs is 3. The molecule has 2 aliphatic rings. The molecule has 4 aromatic rings. The van der Waals surface area contributed by atoms with Gasteiger partial charge < -0.3 is 25.7 Å². The van der Waals surface area contributed by atoms with Gasteiger partial charge in [0.05, 0.1) is 15.9 Å². The average molecular weight is 570 g/mol. The zero-order valence-electron chi connectivity index (χ0n) is 22.0. The van der Waals surface area contributed by atoms with E-state index in [1.54, 1.807) is 6.07 Å². The molecule has 0 aliphatic carbocycles. The van der Waals surface area contributed by atoms with Crippen molar-refractivity contribution in [2.75, 3.05) is 33.2 Å². The van der Waals surface area contributed by atoms with Crippen LogP contribution in [-0.4, -0.2) is 82.6 Å². The zero-order chi connectivity index (χ0) is 28.6. The molecule has 40 heavy (non-hydrogen) atoms. The van der Waals surface area contributed by atoms with Crippen molar-refractivity contribution < 1.29 is 29.0 Å². The summed E-state index contributed by atoms with van der Waals surface area (Å²) in [7, 11) is 2.11. The van der Waals surface area contributed by atoms with E-state index in [4.69, 9.17) is 24.8 Å². The predicted octanol–water partition coefficient (Wildman–Crippen LogP) is 3.66. The number of halogens is 1. The van der Waals surface area contributed by atoms with E-state index in [9.17, 15) is 9.18 Å². The number of carbonyl (C=O) groups excluding carboxylic acids is 1. The number of benzene rings is 2. The molecule has 212 valence electrons. The first-order valence-electron chi connectivity index (χ1n) is 13.0. The first-order chi connectivity index (χ1) is 19.4. The number of nitrogens with zero attached hydrogens (tertiary/aromatic N) is 3. The third-order valence-electron chi connectivity index (χ3n) is 7.21. The predicted molar refractivity (Wildman–Crippen MR) is 152 cm³/mol. The van der Waals surface area contributed by atoms with Gasteiger partial charge in [0.25, 0.3) is 18.9 Å². The number of aromatic nitrogens is 2. The second-order valence-corrected chi connectivity index (χ2v) is 10.8. The van der Waals surface area contributed by atoms with Gasteiger partial charge in [-0.2, -0.15) is 0 Å². The molecule has 2 fully saturated rings. The molecule has 1 unspecified atom stereocenters. The lowest BCUT2D eigenvalue weighted by atomic mass is 9.96. The van der Waals surface area contributed by atoms with Gasteiger partial charge in [0.15, 0.2) is 4.96 Å². The maximum Gasteiger partial charge on any atom is 0.290 e. The Kier molecular flexibility index (Phi) is 9.80. The third kappa shape index (κ3) is 6.64. The third-order valence-corrected chi connectivity index (χ3v) is 8.23. The second kappa shape index (κ2) is 13.5. The Morgan fingerprint density at radius 1 is 1.12 bits per heavy atom. The highest BCUT2D eigenvalue weighted by molar-refractivity contribution is 7.23. The van der Waals surface area contributed by atoms with Crippen molar-refractivity contribution in [2.24, 2.45) is 0 Å². The first kappa shape index (κ1) is 29.1. The molecule has 4 N–H and O–H groups in total. The normalized spacial score (nSPS) is 17.5. The summed E-state index contributed by atoms with van der Waals surface area (Å²) in [6, 6.07) is 11.5. The van der Waals surface area contributed by atoms with Crippen molar-refractivity contribution in [3.8, 4) is 11.3 Å². The molecule has 0 saturated carbocycles. The van der Waals surface area contributed by atoms with Crippen LogP contribution in [0.2, 0.25) is 0 Å². The molecule has 0 spiro atoms. The van der Waals surface area contributed by atoms with Crippen molar-refractivity contribution in [2.45, 2.75) is 31.2 Å². The van der Waals surface area contributed by atoms with Crippen molar-refractivity contribution in [1.82, 2.24) is 24.9 Å². The van der Waals surface area contributed by atoms with Gasteiger partial charge in [-0.05, 0) is 87.8 Å². The van der Waals surface area contributed by atoms with Gasteiger partial charge in [-0.25, -0.2) is 9.37 Å². The Morgan fingerprint density at radius 2 is 1.85 bits per heavy atom. The fourth-order valence-electron chi connectivity index (χ4n) is 5.13. The molecular weight excluding hydrogens is 537 g/mol. The molecule has 0 bridgehead atoms. The minimum Gasteiger partial charge on any atom is -0.483 e. The van der Waals surface area contributed by atoms with Crippen LogP contribution in [0.4, 0.5) is 4.39 Å². The van der Waals surface area contributed by atoms with Gasteiger partial charge >= 0.3 is 0 Å². The van der Waals surface area contributed by atoms with E-state index < -0.39 is 0 Å². The van der Waals surface area contributed by atoms with Crippen LogP contribution in [0.25, 0.3) is 26.4 Å². The molecule has 2 aliphatic heterocycles. The first-order valence-corrected chi connectivity index (χ1v) is 13.8. The minimum absolute atomic E-state index is 0.0252. The number of hydrogen-bond acceptors (Lipinski definition) is 7. The monoisotopic (exact) mass is 569 g/mol. The van der Waals surface area contributed by atoms with Gasteiger partial charge in [0.1, 0.15) is 5.82 Å². The van der Waals surface area contributed by atoms with Gasteiger partial charge in [-0.1, -0.05) is 17.4 Å². The Hall–Kier alpha value is -3.87. The summed E-state index contributed by atoms with van der Waals surface area (Å²) in [4.78, 5) is 37.3. The summed E-state index contributed by atoms with van der Waals surface area (Å²) in [5.74, 6) is 0.124. The second-order valence-electron chi connectivity index (χ2n) is 9.75. The standard InChI is InChI=1S/C26H28FN5OS.2CH2O2/c1-31-10-7-19(8-11-31)29-25(33)17-3-5-23-24(13-17)34-26-30-22(15-32(23)26)20-4-2-16(12-21(20)27)18-6-9-28-14-18;2*2-1-3/h2-5,12-13,15,18-19,28H,6-11,14H2,1H3,(H,29,33);2*1H,(H,2,3). The van der Waals surface area contributed by atoms with Crippen LogP contribution in [0.5, 0.6) is 0 Å². The van der Waals surface area contributed by atoms with Gasteiger partial charge in [0, 0.05) is 29.9 Å². The minimum atomic E-state index is -0.250. The number of thiazole rings is 1. The summed E-state index contributed by atoms with van der Waals surface area (Å²) < 4.78 is 18.0. The van der Waals surface area contributed by atoms with E-state index in [1.165, 1.54) is 11.3 Å². The summed E-state index contributed by atoms with van der Waals surface area (Å²) in [6.45, 7) is 3.41. The number of hydrogen-bond donors (Lipinski definition) is 4. The van der Waals surface area contributed by atoms with Crippen molar-refractivity contribution in [3.63, 3.8) is 0 Å². The summed E-state index contributed by atoms with van der Waals surface area (Å²) in [5, 5.41) is 20.3. The lowest BCUT2D eigenvalue weighted by molar-refractivity contribution is -0.123. The number of amides is 1. The maximum absolute atomic E-state index is 15.0. The summed E-state index contributed by atoms with van der Waals surface area (Å²) >= 11 is 1.52. The fraction of sp³-hybridized carbons (Fsp3) is 0.357. The van der Waals surface area contributed by atoms with Gasteiger partial charge in [0.2, 0.25) is 0 Å². The molecule has 4 heterocycles. The van der Waals surface area contributed by atoms with Crippen molar-refractivity contribution in [1.29, 1.82) is 0 Å². The maximum atomic E-state index is 15.0. The van der Waals surface area contributed by atoms with Crippen molar-refractivity contribution >= 4 is 45.4 Å². The largest absolute Gasteiger partial charge is 0.483 e. The van der Waals surface area contributed by atoms with Crippen LogP contribution in [0, 0.1) is 5.82 Å². The molecule has 2 aromatic heterocycles.